The third kappa shape index (κ3) is 3.13. The average molecular weight is 311 g/mol. The van der Waals surface area contributed by atoms with E-state index in [0.717, 1.165) is 11.3 Å². The molecule has 0 saturated carbocycles. The topological polar surface area (TPSA) is 85.8 Å². The van der Waals surface area contributed by atoms with Gasteiger partial charge in [-0.15, -0.1) is 0 Å². The van der Waals surface area contributed by atoms with Crippen LogP contribution in [-0.4, -0.2) is 25.7 Å². The van der Waals surface area contributed by atoms with Crippen LogP contribution in [0.15, 0.2) is 47.7 Å². The van der Waals surface area contributed by atoms with Crippen LogP contribution in [0.1, 0.15) is 41.7 Å². The average Bonchev–Trinajstić information content (AvgIpc) is 3.26. The highest BCUT2D eigenvalue weighted by atomic mass is 16.3. The predicted octanol–water partition coefficient (Wildman–Crippen LogP) is 2.31. The molecule has 0 spiro atoms. The molecule has 1 atom stereocenters. The summed E-state index contributed by atoms with van der Waals surface area (Å²) in [6.45, 7) is 3.84. The Morgan fingerprint density at radius 2 is 2.13 bits per heavy atom. The molecule has 2 aromatic heterocycles. The van der Waals surface area contributed by atoms with Crippen molar-refractivity contribution in [2.45, 2.75) is 26.3 Å². The molecule has 7 nitrogen and oxygen atoms in total. The fourth-order valence-corrected chi connectivity index (χ4v) is 2.31. The van der Waals surface area contributed by atoms with Crippen LogP contribution in [0, 0.1) is 0 Å². The van der Waals surface area contributed by atoms with Crippen LogP contribution in [0.3, 0.4) is 0 Å². The number of aromatic nitrogens is 4. The van der Waals surface area contributed by atoms with Crippen molar-refractivity contribution < 1.29 is 9.21 Å². The first-order valence-corrected chi connectivity index (χ1v) is 7.37. The van der Waals surface area contributed by atoms with E-state index in [1.165, 1.54) is 12.7 Å². The number of benzene rings is 1. The molecule has 0 aliphatic carbocycles. The first-order valence-electron chi connectivity index (χ1n) is 7.37. The van der Waals surface area contributed by atoms with Gasteiger partial charge < -0.3 is 9.73 Å². The number of nitrogens with zero attached hydrogens (tertiary/aromatic N) is 4. The zero-order valence-electron chi connectivity index (χ0n) is 12.9. The summed E-state index contributed by atoms with van der Waals surface area (Å²) in [7, 11) is 0. The SMILES string of the molecule is CCc1ocnc1C(=O)N[C@H](C)c1ccc(-n2cncn2)cc1. The van der Waals surface area contributed by atoms with Gasteiger partial charge in [0.1, 0.15) is 18.4 Å². The molecule has 0 aliphatic rings. The van der Waals surface area contributed by atoms with E-state index in [1.807, 2.05) is 38.1 Å². The highest BCUT2D eigenvalue weighted by molar-refractivity contribution is 5.93. The zero-order valence-corrected chi connectivity index (χ0v) is 12.9. The van der Waals surface area contributed by atoms with E-state index < -0.39 is 0 Å². The van der Waals surface area contributed by atoms with E-state index >= 15 is 0 Å². The molecule has 3 aromatic rings. The fraction of sp³-hybridized carbons (Fsp3) is 0.250. The Balaban J connectivity index is 1.71. The van der Waals surface area contributed by atoms with Crippen LogP contribution in [0.25, 0.3) is 5.69 Å². The van der Waals surface area contributed by atoms with Crippen LogP contribution in [0.4, 0.5) is 0 Å². The second kappa shape index (κ2) is 6.43. The quantitative estimate of drug-likeness (QED) is 0.781. The normalized spacial score (nSPS) is 12.1. The summed E-state index contributed by atoms with van der Waals surface area (Å²) in [4.78, 5) is 20.2. The third-order valence-corrected chi connectivity index (χ3v) is 3.60. The van der Waals surface area contributed by atoms with Gasteiger partial charge in [0.2, 0.25) is 0 Å². The summed E-state index contributed by atoms with van der Waals surface area (Å²) in [5.74, 6) is 0.361. The van der Waals surface area contributed by atoms with Gasteiger partial charge in [0.05, 0.1) is 11.7 Å². The Morgan fingerprint density at radius 1 is 1.35 bits per heavy atom. The molecule has 0 unspecified atom stereocenters. The number of hydrogen-bond acceptors (Lipinski definition) is 5. The maximum atomic E-state index is 12.3. The summed E-state index contributed by atoms with van der Waals surface area (Å²) in [6, 6.07) is 7.62. The Labute approximate surface area is 133 Å². The Kier molecular flexibility index (Phi) is 4.18. The van der Waals surface area contributed by atoms with E-state index in [9.17, 15) is 4.79 Å². The molecule has 23 heavy (non-hydrogen) atoms. The number of carbonyl (C=O) groups is 1. The molecule has 1 N–H and O–H groups in total. The standard InChI is InChI=1S/C16H17N5O2/c1-3-14-15(18-10-23-14)16(22)20-11(2)12-4-6-13(7-5-12)21-9-17-8-19-21/h4-11H,3H2,1-2H3,(H,20,22)/t11-/m1/s1. The number of nitrogens with one attached hydrogen (secondary N) is 1. The Hall–Kier alpha value is -2.96. The molecule has 3 rings (SSSR count). The van der Waals surface area contributed by atoms with E-state index in [4.69, 9.17) is 4.42 Å². The number of hydrogen-bond donors (Lipinski definition) is 1. The molecule has 0 bridgehead atoms. The van der Waals surface area contributed by atoms with Crippen molar-refractivity contribution in [3.63, 3.8) is 0 Å². The van der Waals surface area contributed by atoms with Crippen molar-refractivity contribution in [3.05, 3.63) is 60.3 Å². The first-order chi connectivity index (χ1) is 11.2. The number of rotatable bonds is 5. The highest BCUT2D eigenvalue weighted by Crippen LogP contribution is 2.16. The Bertz CT molecular complexity index is 777. The smallest absolute Gasteiger partial charge is 0.274 e. The molecule has 0 saturated heterocycles. The Morgan fingerprint density at radius 3 is 2.78 bits per heavy atom. The van der Waals surface area contributed by atoms with Gasteiger partial charge in [-0.25, -0.2) is 14.6 Å². The number of carbonyl (C=O) groups excluding carboxylic acids is 1. The van der Waals surface area contributed by atoms with Crippen molar-refractivity contribution >= 4 is 5.91 Å². The van der Waals surface area contributed by atoms with Crippen molar-refractivity contribution in [1.82, 2.24) is 25.1 Å². The van der Waals surface area contributed by atoms with E-state index in [0.29, 0.717) is 17.9 Å². The van der Waals surface area contributed by atoms with Crippen LogP contribution < -0.4 is 5.32 Å². The summed E-state index contributed by atoms with van der Waals surface area (Å²) in [5.41, 5.74) is 2.25. The molecular weight excluding hydrogens is 294 g/mol. The second-order valence-corrected chi connectivity index (χ2v) is 5.10. The lowest BCUT2D eigenvalue weighted by Crippen LogP contribution is -2.27. The summed E-state index contributed by atoms with van der Waals surface area (Å²) < 4.78 is 6.87. The van der Waals surface area contributed by atoms with Crippen molar-refractivity contribution in [2.24, 2.45) is 0 Å². The molecule has 0 fully saturated rings. The maximum absolute atomic E-state index is 12.3. The van der Waals surface area contributed by atoms with Crippen LogP contribution in [-0.2, 0) is 6.42 Å². The number of oxazole rings is 1. The molecule has 1 aromatic carbocycles. The first kappa shape index (κ1) is 15.0. The highest BCUT2D eigenvalue weighted by Gasteiger charge is 2.18. The summed E-state index contributed by atoms with van der Waals surface area (Å²) in [6.07, 6.45) is 5.05. The third-order valence-electron chi connectivity index (χ3n) is 3.60. The zero-order chi connectivity index (χ0) is 16.2. The van der Waals surface area contributed by atoms with Gasteiger partial charge in [-0.2, -0.15) is 5.10 Å². The lowest BCUT2D eigenvalue weighted by molar-refractivity contribution is 0.0933. The monoisotopic (exact) mass is 311 g/mol. The maximum Gasteiger partial charge on any atom is 0.274 e. The van der Waals surface area contributed by atoms with Crippen LogP contribution in [0.2, 0.25) is 0 Å². The fourth-order valence-electron chi connectivity index (χ4n) is 2.31. The minimum Gasteiger partial charge on any atom is -0.448 e. The molecule has 0 radical (unpaired) electrons. The van der Waals surface area contributed by atoms with Crippen LogP contribution in [0.5, 0.6) is 0 Å². The molecule has 2 heterocycles. The van der Waals surface area contributed by atoms with Gasteiger partial charge >= 0.3 is 0 Å². The largest absolute Gasteiger partial charge is 0.448 e. The molecular formula is C16H17N5O2. The van der Waals surface area contributed by atoms with Gasteiger partial charge in [-0.05, 0) is 24.6 Å². The van der Waals surface area contributed by atoms with E-state index in [2.05, 4.69) is 20.4 Å². The van der Waals surface area contributed by atoms with Gasteiger partial charge in [-0.1, -0.05) is 19.1 Å². The summed E-state index contributed by atoms with van der Waals surface area (Å²) >= 11 is 0. The minimum atomic E-state index is -0.233. The van der Waals surface area contributed by atoms with E-state index in [-0.39, 0.29) is 11.9 Å². The predicted molar refractivity (Wildman–Crippen MR) is 83.1 cm³/mol. The molecule has 118 valence electrons. The van der Waals surface area contributed by atoms with Gasteiger partial charge in [0.15, 0.2) is 12.1 Å². The second-order valence-electron chi connectivity index (χ2n) is 5.10. The summed E-state index contributed by atoms with van der Waals surface area (Å²) in [5, 5.41) is 7.01. The molecule has 1 amide bonds. The lowest BCUT2D eigenvalue weighted by Gasteiger charge is -2.14. The van der Waals surface area contributed by atoms with Crippen molar-refractivity contribution in [3.8, 4) is 5.69 Å². The molecule has 0 aliphatic heterocycles. The van der Waals surface area contributed by atoms with Gasteiger partial charge in [0.25, 0.3) is 5.91 Å². The molecule has 7 heteroatoms. The van der Waals surface area contributed by atoms with Gasteiger partial charge in [-0.3, -0.25) is 4.79 Å². The minimum absolute atomic E-state index is 0.145. The van der Waals surface area contributed by atoms with Crippen molar-refractivity contribution in [2.75, 3.05) is 0 Å². The van der Waals surface area contributed by atoms with Crippen molar-refractivity contribution in [1.29, 1.82) is 0 Å². The van der Waals surface area contributed by atoms with Gasteiger partial charge in [0, 0.05) is 6.42 Å². The number of amides is 1. The van der Waals surface area contributed by atoms with Crippen LogP contribution >= 0.6 is 0 Å². The lowest BCUT2D eigenvalue weighted by atomic mass is 10.1. The number of aryl methyl sites for hydroxylation is 1. The van der Waals surface area contributed by atoms with E-state index in [1.54, 1.807) is 11.0 Å².